The van der Waals surface area contributed by atoms with Gasteiger partial charge in [-0.1, -0.05) is 29.8 Å². The Morgan fingerprint density at radius 3 is 2.64 bits per heavy atom. The van der Waals surface area contributed by atoms with Crippen LogP contribution in [0, 0.1) is 0 Å². The van der Waals surface area contributed by atoms with E-state index in [9.17, 15) is 13.2 Å². The number of benzene rings is 2. The first kappa shape index (κ1) is 18.9. The first-order valence-corrected chi connectivity index (χ1v) is 10.7. The van der Waals surface area contributed by atoms with Crippen LogP contribution in [-0.4, -0.2) is 36.2 Å². The summed E-state index contributed by atoms with van der Waals surface area (Å²) in [5.41, 5.74) is 0.985. The highest BCUT2D eigenvalue weighted by atomic mass is 35.5. The molecule has 144 valence electrons. The predicted octanol–water partition coefficient (Wildman–Crippen LogP) is 3.68. The minimum absolute atomic E-state index is 0.122. The maximum Gasteiger partial charge on any atom is 0.245 e. The number of aromatic nitrogens is 1. The number of hydrogen-bond acceptors (Lipinski definition) is 4. The molecule has 1 aliphatic heterocycles. The quantitative estimate of drug-likeness (QED) is 0.704. The Morgan fingerprint density at radius 2 is 1.86 bits per heavy atom. The van der Waals surface area contributed by atoms with Crippen molar-refractivity contribution in [2.24, 2.45) is 0 Å². The van der Waals surface area contributed by atoms with Crippen LogP contribution >= 0.6 is 11.6 Å². The van der Waals surface area contributed by atoms with Gasteiger partial charge in [-0.2, -0.15) is 4.31 Å². The SMILES string of the molecule is O=C(Nc1ccc(Cl)cc1)C1CCCN1S(=O)(=O)c1cccc2cccnc12. The third-order valence-corrected chi connectivity index (χ3v) is 6.99. The molecule has 1 aliphatic rings. The van der Waals surface area contributed by atoms with Crippen LogP contribution in [0.2, 0.25) is 5.02 Å². The molecule has 28 heavy (non-hydrogen) atoms. The second kappa shape index (κ2) is 7.50. The number of carbonyl (C=O) groups excluding carboxylic acids is 1. The summed E-state index contributed by atoms with van der Waals surface area (Å²) in [6.07, 6.45) is 2.66. The highest BCUT2D eigenvalue weighted by Crippen LogP contribution is 2.30. The van der Waals surface area contributed by atoms with E-state index in [0.717, 1.165) is 5.39 Å². The molecule has 2 aromatic carbocycles. The molecule has 1 saturated heterocycles. The molecule has 1 N–H and O–H groups in total. The molecule has 1 fully saturated rings. The van der Waals surface area contributed by atoms with E-state index in [4.69, 9.17) is 11.6 Å². The number of fused-ring (bicyclic) bond motifs is 1. The number of halogens is 1. The summed E-state index contributed by atoms with van der Waals surface area (Å²) in [4.78, 5) is 17.2. The zero-order valence-corrected chi connectivity index (χ0v) is 16.4. The maximum atomic E-state index is 13.3. The van der Waals surface area contributed by atoms with Gasteiger partial charge in [-0.25, -0.2) is 8.42 Å². The second-order valence-electron chi connectivity index (χ2n) is 6.60. The minimum atomic E-state index is -3.87. The molecule has 1 amide bonds. The van der Waals surface area contributed by atoms with Gasteiger partial charge in [-0.3, -0.25) is 9.78 Å². The minimum Gasteiger partial charge on any atom is -0.325 e. The Bertz CT molecular complexity index is 1130. The number of amides is 1. The van der Waals surface area contributed by atoms with E-state index in [0.29, 0.717) is 35.6 Å². The molecule has 0 aliphatic carbocycles. The van der Waals surface area contributed by atoms with Gasteiger partial charge < -0.3 is 5.32 Å². The lowest BCUT2D eigenvalue weighted by molar-refractivity contribution is -0.119. The van der Waals surface area contributed by atoms with E-state index in [1.54, 1.807) is 42.6 Å². The van der Waals surface area contributed by atoms with Crippen molar-refractivity contribution in [2.45, 2.75) is 23.8 Å². The molecule has 0 bridgehead atoms. The van der Waals surface area contributed by atoms with Crippen molar-refractivity contribution in [1.29, 1.82) is 0 Å². The third kappa shape index (κ3) is 3.48. The average molecular weight is 416 g/mol. The molecule has 3 aromatic rings. The molecule has 0 radical (unpaired) electrons. The molecule has 0 saturated carbocycles. The average Bonchev–Trinajstić information content (AvgIpc) is 3.20. The molecular formula is C20H18ClN3O3S. The lowest BCUT2D eigenvalue weighted by Gasteiger charge is -2.24. The zero-order valence-electron chi connectivity index (χ0n) is 14.9. The van der Waals surface area contributed by atoms with Gasteiger partial charge in [-0.05, 0) is 49.2 Å². The van der Waals surface area contributed by atoms with Crippen LogP contribution in [0.3, 0.4) is 0 Å². The Balaban J connectivity index is 1.65. The highest BCUT2D eigenvalue weighted by Gasteiger charge is 2.40. The van der Waals surface area contributed by atoms with Crippen molar-refractivity contribution in [2.75, 3.05) is 11.9 Å². The molecule has 0 spiro atoms. The number of nitrogens with zero attached hydrogens (tertiary/aromatic N) is 2. The number of sulfonamides is 1. The fourth-order valence-corrected chi connectivity index (χ4v) is 5.41. The number of carbonyl (C=O) groups is 1. The van der Waals surface area contributed by atoms with Crippen LogP contribution in [0.5, 0.6) is 0 Å². The number of pyridine rings is 1. The van der Waals surface area contributed by atoms with Crippen molar-refractivity contribution >= 4 is 44.1 Å². The fourth-order valence-electron chi connectivity index (χ4n) is 3.46. The highest BCUT2D eigenvalue weighted by molar-refractivity contribution is 7.89. The van der Waals surface area contributed by atoms with Gasteiger partial charge in [-0.15, -0.1) is 0 Å². The van der Waals surface area contributed by atoms with Crippen LogP contribution in [0.1, 0.15) is 12.8 Å². The summed E-state index contributed by atoms with van der Waals surface area (Å²) < 4.78 is 28.0. The first-order valence-electron chi connectivity index (χ1n) is 8.89. The molecule has 4 rings (SSSR count). The van der Waals surface area contributed by atoms with Crippen LogP contribution in [0.25, 0.3) is 10.9 Å². The molecule has 2 heterocycles. The van der Waals surface area contributed by atoms with E-state index < -0.39 is 16.1 Å². The monoisotopic (exact) mass is 415 g/mol. The summed E-state index contributed by atoms with van der Waals surface area (Å²) in [6, 6.07) is 14.6. The largest absolute Gasteiger partial charge is 0.325 e. The van der Waals surface area contributed by atoms with Crippen LogP contribution in [-0.2, 0) is 14.8 Å². The van der Waals surface area contributed by atoms with E-state index >= 15 is 0 Å². The van der Waals surface area contributed by atoms with Gasteiger partial charge in [0.1, 0.15) is 10.9 Å². The molecule has 6 nitrogen and oxygen atoms in total. The van der Waals surface area contributed by atoms with Crippen molar-refractivity contribution in [3.05, 3.63) is 65.8 Å². The van der Waals surface area contributed by atoms with Gasteiger partial charge in [0.2, 0.25) is 15.9 Å². The number of anilines is 1. The smallest absolute Gasteiger partial charge is 0.245 e. The fraction of sp³-hybridized carbons (Fsp3) is 0.200. The van der Waals surface area contributed by atoms with E-state index in [1.165, 1.54) is 10.4 Å². The lowest BCUT2D eigenvalue weighted by Crippen LogP contribution is -2.43. The van der Waals surface area contributed by atoms with Crippen molar-refractivity contribution in [3.8, 4) is 0 Å². The van der Waals surface area contributed by atoms with Crippen LogP contribution < -0.4 is 5.32 Å². The molecule has 8 heteroatoms. The van der Waals surface area contributed by atoms with Gasteiger partial charge in [0.25, 0.3) is 0 Å². The summed E-state index contributed by atoms with van der Waals surface area (Å²) in [6.45, 7) is 0.296. The van der Waals surface area contributed by atoms with Gasteiger partial charge in [0.05, 0.1) is 5.52 Å². The van der Waals surface area contributed by atoms with Crippen LogP contribution in [0.4, 0.5) is 5.69 Å². The second-order valence-corrected chi connectivity index (χ2v) is 8.90. The third-order valence-electron chi connectivity index (χ3n) is 4.80. The van der Waals surface area contributed by atoms with Crippen molar-refractivity contribution in [1.82, 2.24) is 9.29 Å². The molecule has 1 unspecified atom stereocenters. The molecular weight excluding hydrogens is 398 g/mol. The summed E-state index contributed by atoms with van der Waals surface area (Å²) in [5, 5.41) is 4.08. The Hall–Kier alpha value is -2.48. The Morgan fingerprint density at radius 1 is 1.11 bits per heavy atom. The standard InChI is InChI=1S/C20H18ClN3O3S/c21-15-8-10-16(11-9-15)23-20(25)17-6-3-13-24(17)28(26,27)18-7-1-4-14-5-2-12-22-19(14)18/h1-2,4-5,7-12,17H,3,6,13H2,(H,23,25). The maximum absolute atomic E-state index is 13.3. The number of rotatable bonds is 4. The van der Waals surface area contributed by atoms with Crippen molar-refractivity contribution in [3.63, 3.8) is 0 Å². The summed E-state index contributed by atoms with van der Waals surface area (Å²) in [5.74, 6) is -0.350. The van der Waals surface area contributed by atoms with Gasteiger partial charge in [0.15, 0.2) is 0 Å². The van der Waals surface area contributed by atoms with E-state index in [1.807, 2.05) is 12.1 Å². The summed E-state index contributed by atoms with van der Waals surface area (Å²) in [7, 11) is -3.87. The number of hydrogen-bond donors (Lipinski definition) is 1. The van der Waals surface area contributed by atoms with Crippen LogP contribution in [0.15, 0.2) is 65.7 Å². The molecule has 1 aromatic heterocycles. The first-order chi connectivity index (χ1) is 13.5. The zero-order chi connectivity index (χ0) is 19.7. The molecule has 1 atom stereocenters. The van der Waals surface area contributed by atoms with Crippen molar-refractivity contribution < 1.29 is 13.2 Å². The summed E-state index contributed by atoms with van der Waals surface area (Å²) >= 11 is 5.87. The van der Waals surface area contributed by atoms with E-state index in [2.05, 4.69) is 10.3 Å². The van der Waals surface area contributed by atoms with Gasteiger partial charge in [0, 0.05) is 28.8 Å². The number of nitrogens with one attached hydrogen (secondary N) is 1. The topological polar surface area (TPSA) is 79.4 Å². The van der Waals surface area contributed by atoms with Gasteiger partial charge >= 0.3 is 0 Å². The Labute approximate surface area is 168 Å². The predicted molar refractivity (Wildman–Crippen MR) is 109 cm³/mol. The number of para-hydroxylation sites is 1. The normalized spacial score (nSPS) is 17.7. The Kier molecular flexibility index (Phi) is 5.05. The lowest BCUT2D eigenvalue weighted by atomic mass is 10.2. The van der Waals surface area contributed by atoms with E-state index in [-0.39, 0.29) is 10.8 Å².